The Balaban J connectivity index is 2.44. The number of alkyl halides is 1. The molecule has 0 amide bonds. The highest BCUT2D eigenvalue weighted by atomic mass is 127. The van der Waals surface area contributed by atoms with Gasteiger partial charge in [0.1, 0.15) is 5.75 Å². The molecule has 1 nitrogen and oxygen atoms in total. The van der Waals surface area contributed by atoms with Gasteiger partial charge in [0.25, 0.3) is 0 Å². The fourth-order valence-corrected chi connectivity index (χ4v) is 2.80. The van der Waals surface area contributed by atoms with Gasteiger partial charge in [-0.25, -0.2) is 0 Å². The Kier molecular flexibility index (Phi) is 4.76. The molecule has 0 aliphatic rings. The standard InChI is InChI=1S/C14H11Cl2IO/c1-18-13-6-5-10(15)8-12(13)14(16)9-3-2-4-11(17)7-9/h2-8,14H,1H3. The van der Waals surface area contributed by atoms with E-state index >= 15 is 0 Å². The molecule has 1 unspecified atom stereocenters. The molecular formula is C14H11Cl2IO. The molecule has 1 atom stereocenters. The van der Waals surface area contributed by atoms with Crippen LogP contribution in [-0.2, 0) is 0 Å². The number of hydrogen-bond donors (Lipinski definition) is 0. The number of ether oxygens (including phenoxy) is 1. The van der Waals surface area contributed by atoms with Crippen molar-refractivity contribution in [3.63, 3.8) is 0 Å². The number of rotatable bonds is 3. The van der Waals surface area contributed by atoms with Gasteiger partial charge >= 0.3 is 0 Å². The largest absolute Gasteiger partial charge is 0.496 e. The van der Waals surface area contributed by atoms with Gasteiger partial charge in [-0.1, -0.05) is 23.7 Å². The van der Waals surface area contributed by atoms with Crippen LogP contribution in [0.25, 0.3) is 0 Å². The SMILES string of the molecule is COc1ccc(Cl)cc1C(Cl)c1cccc(I)c1. The van der Waals surface area contributed by atoms with E-state index in [1.807, 2.05) is 30.3 Å². The van der Waals surface area contributed by atoms with Crippen molar-refractivity contribution in [2.75, 3.05) is 7.11 Å². The first-order valence-electron chi connectivity index (χ1n) is 5.35. The van der Waals surface area contributed by atoms with Gasteiger partial charge in [-0.3, -0.25) is 0 Å². The van der Waals surface area contributed by atoms with E-state index in [0.29, 0.717) is 5.02 Å². The molecule has 94 valence electrons. The average Bonchev–Trinajstić information content (AvgIpc) is 2.38. The number of hydrogen-bond acceptors (Lipinski definition) is 1. The summed E-state index contributed by atoms with van der Waals surface area (Å²) in [5, 5.41) is 0.385. The summed E-state index contributed by atoms with van der Waals surface area (Å²) in [5.74, 6) is 0.748. The Labute approximate surface area is 130 Å². The summed E-state index contributed by atoms with van der Waals surface area (Å²) < 4.78 is 6.48. The predicted molar refractivity (Wildman–Crippen MR) is 84.9 cm³/mol. The highest BCUT2D eigenvalue weighted by Crippen LogP contribution is 2.36. The van der Waals surface area contributed by atoms with Crippen molar-refractivity contribution >= 4 is 45.8 Å². The second-order valence-electron chi connectivity index (χ2n) is 3.80. The summed E-state index contributed by atoms with van der Waals surface area (Å²) in [5.41, 5.74) is 1.91. The van der Waals surface area contributed by atoms with Gasteiger partial charge < -0.3 is 4.74 Å². The van der Waals surface area contributed by atoms with Crippen molar-refractivity contribution < 1.29 is 4.74 Å². The van der Waals surface area contributed by atoms with Crippen molar-refractivity contribution in [3.05, 3.63) is 62.2 Å². The first-order valence-corrected chi connectivity index (χ1v) is 7.24. The number of halogens is 3. The normalized spacial score (nSPS) is 12.2. The lowest BCUT2D eigenvalue weighted by molar-refractivity contribution is 0.410. The zero-order chi connectivity index (χ0) is 13.1. The Morgan fingerprint density at radius 1 is 1.17 bits per heavy atom. The maximum atomic E-state index is 6.52. The van der Waals surface area contributed by atoms with Crippen LogP contribution < -0.4 is 4.74 Å². The summed E-state index contributed by atoms with van der Waals surface area (Å²) in [6.45, 7) is 0. The molecule has 0 aromatic heterocycles. The molecule has 0 saturated carbocycles. The Hall–Kier alpha value is -0.450. The summed E-state index contributed by atoms with van der Waals surface area (Å²) in [6, 6.07) is 13.5. The van der Waals surface area contributed by atoms with Gasteiger partial charge in [-0.2, -0.15) is 0 Å². The van der Waals surface area contributed by atoms with E-state index in [9.17, 15) is 0 Å². The molecule has 0 fully saturated rings. The predicted octanol–water partition coefficient (Wildman–Crippen LogP) is 5.28. The first-order chi connectivity index (χ1) is 8.61. The summed E-state index contributed by atoms with van der Waals surface area (Å²) in [7, 11) is 1.63. The van der Waals surface area contributed by atoms with Crippen molar-refractivity contribution in [2.24, 2.45) is 0 Å². The maximum Gasteiger partial charge on any atom is 0.123 e. The molecule has 2 aromatic rings. The van der Waals surface area contributed by atoms with Crippen molar-refractivity contribution in [1.29, 1.82) is 0 Å². The van der Waals surface area contributed by atoms with Crippen LogP contribution >= 0.6 is 45.8 Å². The van der Waals surface area contributed by atoms with E-state index in [4.69, 9.17) is 27.9 Å². The van der Waals surface area contributed by atoms with E-state index in [-0.39, 0.29) is 5.38 Å². The van der Waals surface area contributed by atoms with E-state index in [1.165, 1.54) is 0 Å². The minimum absolute atomic E-state index is 0.270. The molecule has 0 bridgehead atoms. The van der Waals surface area contributed by atoms with Gasteiger partial charge in [-0.05, 0) is 58.5 Å². The smallest absolute Gasteiger partial charge is 0.123 e. The molecule has 0 aliphatic heterocycles. The van der Waals surface area contributed by atoms with Gasteiger partial charge in [0, 0.05) is 14.2 Å². The van der Waals surface area contributed by atoms with E-state index in [0.717, 1.165) is 20.4 Å². The number of benzene rings is 2. The van der Waals surface area contributed by atoms with E-state index in [1.54, 1.807) is 13.2 Å². The van der Waals surface area contributed by atoms with Crippen molar-refractivity contribution in [3.8, 4) is 5.75 Å². The summed E-state index contributed by atoms with van der Waals surface area (Å²) in [4.78, 5) is 0. The van der Waals surface area contributed by atoms with Crippen molar-refractivity contribution in [1.82, 2.24) is 0 Å². The zero-order valence-electron chi connectivity index (χ0n) is 9.66. The molecule has 0 aliphatic carbocycles. The average molecular weight is 393 g/mol. The minimum Gasteiger partial charge on any atom is -0.496 e. The second kappa shape index (κ2) is 6.13. The fourth-order valence-electron chi connectivity index (χ4n) is 1.75. The molecule has 0 heterocycles. The monoisotopic (exact) mass is 392 g/mol. The Morgan fingerprint density at radius 3 is 2.61 bits per heavy atom. The third-order valence-electron chi connectivity index (χ3n) is 2.61. The Morgan fingerprint density at radius 2 is 1.94 bits per heavy atom. The second-order valence-corrected chi connectivity index (χ2v) is 5.92. The van der Waals surface area contributed by atoms with Crippen LogP contribution in [0.1, 0.15) is 16.5 Å². The fraction of sp³-hybridized carbons (Fsp3) is 0.143. The molecule has 0 spiro atoms. The highest BCUT2D eigenvalue weighted by molar-refractivity contribution is 14.1. The van der Waals surface area contributed by atoms with Gasteiger partial charge in [0.2, 0.25) is 0 Å². The Bertz CT molecular complexity index is 557. The van der Waals surface area contributed by atoms with Gasteiger partial charge in [-0.15, -0.1) is 11.6 Å². The van der Waals surface area contributed by atoms with Crippen LogP contribution in [0.5, 0.6) is 5.75 Å². The summed E-state index contributed by atoms with van der Waals surface area (Å²) in [6.07, 6.45) is 0. The van der Waals surface area contributed by atoms with E-state index < -0.39 is 0 Å². The van der Waals surface area contributed by atoms with Crippen LogP contribution in [0.3, 0.4) is 0 Å². The topological polar surface area (TPSA) is 9.23 Å². The molecule has 18 heavy (non-hydrogen) atoms. The maximum absolute atomic E-state index is 6.52. The van der Waals surface area contributed by atoms with Gasteiger partial charge in [0.15, 0.2) is 0 Å². The quantitative estimate of drug-likeness (QED) is 0.510. The lowest BCUT2D eigenvalue weighted by Crippen LogP contribution is -1.97. The molecule has 2 aromatic carbocycles. The van der Waals surface area contributed by atoms with Crippen LogP contribution in [-0.4, -0.2) is 7.11 Å². The van der Waals surface area contributed by atoms with Crippen LogP contribution in [0, 0.1) is 3.57 Å². The third-order valence-corrected chi connectivity index (χ3v) is 4.00. The van der Waals surface area contributed by atoms with E-state index in [2.05, 4.69) is 28.7 Å². The zero-order valence-corrected chi connectivity index (χ0v) is 13.3. The molecular weight excluding hydrogens is 382 g/mol. The lowest BCUT2D eigenvalue weighted by atomic mass is 10.0. The number of methoxy groups -OCH3 is 1. The summed E-state index contributed by atoms with van der Waals surface area (Å²) >= 11 is 14.8. The van der Waals surface area contributed by atoms with Crippen molar-refractivity contribution in [2.45, 2.75) is 5.38 Å². The van der Waals surface area contributed by atoms with Gasteiger partial charge in [0.05, 0.1) is 12.5 Å². The molecule has 0 radical (unpaired) electrons. The third kappa shape index (κ3) is 3.11. The van der Waals surface area contributed by atoms with Crippen LogP contribution in [0.2, 0.25) is 5.02 Å². The highest BCUT2D eigenvalue weighted by Gasteiger charge is 2.16. The first kappa shape index (κ1) is 14.0. The lowest BCUT2D eigenvalue weighted by Gasteiger charge is -2.15. The van der Waals surface area contributed by atoms with Crippen LogP contribution in [0.15, 0.2) is 42.5 Å². The molecule has 4 heteroatoms. The molecule has 0 saturated heterocycles. The molecule has 2 rings (SSSR count). The molecule has 0 N–H and O–H groups in total. The minimum atomic E-state index is -0.270. The van der Waals surface area contributed by atoms with Crippen LogP contribution in [0.4, 0.5) is 0 Å².